The number of halogens is 2. The smallest absolute Gasteiger partial charge is 0.243 e. The molecule has 0 N–H and O–H groups in total. The number of benzene rings is 3. The van der Waals surface area contributed by atoms with E-state index < -0.39 is 20.0 Å². The van der Waals surface area contributed by atoms with Crippen LogP contribution in [-0.2, 0) is 20.0 Å². The van der Waals surface area contributed by atoms with Crippen molar-refractivity contribution in [2.24, 2.45) is 0 Å². The van der Waals surface area contributed by atoms with Crippen molar-refractivity contribution in [3.8, 4) is 11.5 Å². The molecule has 0 radical (unpaired) electrons. The first-order valence-corrected chi connectivity index (χ1v) is 18.9. The highest BCUT2D eigenvalue weighted by atomic mass is 79.9. The molecule has 3 aromatic carbocycles. The van der Waals surface area contributed by atoms with Gasteiger partial charge in [-0.15, -0.1) is 0 Å². The van der Waals surface area contributed by atoms with Crippen molar-refractivity contribution in [3.63, 3.8) is 0 Å². The molecule has 13 heteroatoms. The third kappa shape index (κ3) is 9.05. The minimum absolute atomic E-state index is 0.0965. The van der Waals surface area contributed by atoms with E-state index in [0.717, 1.165) is 20.1 Å². The summed E-state index contributed by atoms with van der Waals surface area (Å²) < 4.78 is 71.1. The standard InChI is InChI=1S/C31H39Br2N3O6S2/c1-24-6-10-26(11-7-24)43(37,38)35-16-4-14-34(3)15-5-17-36(44(39,40)27-12-8-25(2)9-13-27)19-21-42-31-23-29(33)28(32)22-30(31)41-20-18-35/h6-13,22-23H,4-5,14-21H2,1-3H3. The average molecular weight is 774 g/mol. The van der Waals surface area contributed by atoms with Crippen LogP contribution in [0, 0.1) is 13.8 Å². The molecule has 3 aromatic rings. The normalized spacial score (nSPS) is 17.7. The molecule has 0 fully saturated rings. The van der Waals surface area contributed by atoms with E-state index in [1.807, 2.05) is 20.9 Å². The van der Waals surface area contributed by atoms with Gasteiger partial charge in [-0.05, 0) is 115 Å². The topological polar surface area (TPSA) is 96.5 Å². The number of nitrogens with zero attached hydrogens (tertiary/aromatic N) is 3. The van der Waals surface area contributed by atoms with Crippen molar-refractivity contribution >= 4 is 51.9 Å². The maximum atomic E-state index is 13.6. The predicted octanol–water partition coefficient (Wildman–Crippen LogP) is 5.69. The fourth-order valence-corrected chi connectivity index (χ4v) is 8.39. The third-order valence-corrected chi connectivity index (χ3v) is 13.1. The van der Waals surface area contributed by atoms with Crippen LogP contribution in [0.3, 0.4) is 0 Å². The van der Waals surface area contributed by atoms with Gasteiger partial charge in [-0.1, -0.05) is 35.4 Å². The fourth-order valence-electron chi connectivity index (χ4n) is 4.82. The molecule has 44 heavy (non-hydrogen) atoms. The number of hydrogen-bond acceptors (Lipinski definition) is 7. The SMILES string of the molecule is Cc1ccc(S(=O)(=O)N2CCCN(C)CCCN(S(=O)(=O)c3ccc(C)cc3)CCOc3cc(Br)c(Br)cc3OCC2)cc1. The maximum Gasteiger partial charge on any atom is 0.243 e. The minimum Gasteiger partial charge on any atom is -0.488 e. The Bertz CT molecular complexity index is 1500. The summed E-state index contributed by atoms with van der Waals surface area (Å²) in [5.41, 5.74) is 1.97. The van der Waals surface area contributed by atoms with Gasteiger partial charge in [0, 0.05) is 35.1 Å². The number of aryl methyl sites for hydroxylation is 2. The van der Waals surface area contributed by atoms with Crippen molar-refractivity contribution in [1.29, 1.82) is 0 Å². The van der Waals surface area contributed by atoms with Gasteiger partial charge in [0.2, 0.25) is 20.0 Å². The van der Waals surface area contributed by atoms with Gasteiger partial charge in [-0.2, -0.15) is 8.61 Å². The van der Waals surface area contributed by atoms with Crippen LogP contribution in [0.25, 0.3) is 0 Å². The van der Waals surface area contributed by atoms with Crippen LogP contribution in [0.2, 0.25) is 0 Å². The van der Waals surface area contributed by atoms with Crippen molar-refractivity contribution in [1.82, 2.24) is 13.5 Å². The van der Waals surface area contributed by atoms with Gasteiger partial charge in [-0.3, -0.25) is 0 Å². The van der Waals surface area contributed by atoms with E-state index in [0.29, 0.717) is 50.5 Å². The first kappa shape index (κ1) is 34.9. The average Bonchev–Trinajstić information content (AvgIpc) is 2.97. The van der Waals surface area contributed by atoms with Gasteiger partial charge in [0.1, 0.15) is 13.2 Å². The zero-order valence-electron chi connectivity index (χ0n) is 25.2. The van der Waals surface area contributed by atoms with Gasteiger partial charge in [-0.25, -0.2) is 16.8 Å². The summed E-state index contributed by atoms with van der Waals surface area (Å²) >= 11 is 7.01. The van der Waals surface area contributed by atoms with Gasteiger partial charge < -0.3 is 14.4 Å². The number of ether oxygens (including phenoxy) is 2. The zero-order valence-corrected chi connectivity index (χ0v) is 30.0. The lowest BCUT2D eigenvalue weighted by Crippen LogP contribution is -2.37. The van der Waals surface area contributed by atoms with Crippen LogP contribution in [-0.4, -0.2) is 89.9 Å². The molecule has 0 saturated carbocycles. The Morgan fingerprint density at radius 3 is 1.32 bits per heavy atom. The van der Waals surface area contributed by atoms with Crippen molar-refractivity contribution in [3.05, 3.63) is 80.7 Å². The molecule has 0 spiro atoms. The predicted molar refractivity (Wildman–Crippen MR) is 179 cm³/mol. The second kappa shape index (κ2) is 15.5. The quantitative estimate of drug-likeness (QED) is 0.336. The van der Waals surface area contributed by atoms with Crippen LogP contribution in [0.15, 0.2) is 79.4 Å². The van der Waals surface area contributed by atoms with Crippen LogP contribution < -0.4 is 9.47 Å². The Labute approximate surface area is 278 Å². The second-order valence-electron chi connectivity index (χ2n) is 10.9. The summed E-state index contributed by atoms with van der Waals surface area (Å²) in [6.45, 7) is 6.25. The van der Waals surface area contributed by atoms with E-state index in [4.69, 9.17) is 9.47 Å². The molecule has 9 nitrogen and oxygen atoms in total. The van der Waals surface area contributed by atoms with E-state index >= 15 is 0 Å². The van der Waals surface area contributed by atoms with Crippen LogP contribution >= 0.6 is 31.9 Å². The van der Waals surface area contributed by atoms with E-state index in [2.05, 4.69) is 36.8 Å². The van der Waals surface area contributed by atoms with Crippen LogP contribution in [0.5, 0.6) is 11.5 Å². The summed E-state index contributed by atoms with van der Waals surface area (Å²) in [7, 11) is -5.54. The molecule has 0 saturated heterocycles. The second-order valence-corrected chi connectivity index (χ2v) is 16.4. The number of sulfonamides is 2. The molecule has 240 valence electrons. The Kier molecular flexibility index (Phi) is 12.3. The van der Waals surface area contributed by atoms with Crippen molar-refractivity contribution in [2.45, 2.75) is 36.5 Å². The lowest BCUT2D eigenvalue weighted by Gasteiger charge is -2.25. The molecule has 1 heterocycles. The largest absolute Gasteiger partial charge is 0.488 e. The highest BCUT2D eigenvalue weighted by molar-refractivity contribution is 9.13. The van der Waals surface area contributed by atoms with Gasteiger partial charge in [0.15, 0.2) is 11.5 Å². The Hall–Kier alpha value is -2.00. The summed E-state index contributed by atoms with van der Waals surface area (Å²) in [6, 6.07) is 17.2. The number of rotatable bonds is 4. The highest BCUT2D eigenvalue weighted by Crippen LogP contribution is 2.36. The molecule has 1 aliphatic rings. The number of fused-ring (bicyclic) bond motifs is 1. The summed E-state index contributed by atoms with van der Waals surface area (Å²) in [6.07, 6.45) is 1.20. The molecule has 4 rings (SSSR count). The molecule has 0 aliphatic carbocycles. The maximum absolute atomic E-state index is 13.6. The zero-order chi connectivity index (χ0) is 31.9. The van der Waals surface area contributed by atoms with E-state index in [1.165, 1.54) is 8.61 Å². The molecule has 0 amide bonds. The van der Waals surface area contributed by atoms with E-state index in [9.17, 15) is 16.8 Å². The Balaban J connectivity index is 1.59. The van der Waals surface area contributed by atoms with Crippen molar-refractivity contribution in [2.75, 3.05) is 59.5 Å². The Morgan fingerprint density at radius 2 is 0.955 bits per heavy atom. The summed E-state index contributed by atoms with van der Waals surface area (Å²) in [4.78, 5) is 2.59. The fraction of sp³-hybridized carbons (Fsp3) is 0.419. The van der Waals surface area contributed by atoms with E-state index in [1.54, 1.807) is 60.7 Å². The molecular formula is C31H39Br2N3O6S2. The first-order valence-electron chi connectivity index (χ1n) is 14.4. The Morgan fingerprint density at radius 1 is 0.591 bits per heavy atom. The number of hydrogen-bond donors (Lipinski definition) is 0. The molecule has 0 aromatic heterocycles. The van der Waals surface area contributed by atoms with Gasteiger partial charge in [0.05, 0.1) is 9.79 Å². The molecular weight excluding hydrogens is 734 g/mol. The first-order chi connectivity index (χ1) is 20.9. The highest BCUT2D eigenvalue weighted by Gasteiger charge is 2.26. The van der Waals surface area contributed by atoms with Crippen molar-refractivity contribution < 1.29 is 26.3 Å². The lowest BCUT2D eigenvalue weighted by atomic mass is 10.2. The van der Waals surface area contributed by atoms with Gasteiger partial charge in [0.25, 0.3) is 0 Å². The molecule has 1 aliphatic heterocycles. The summed E-state index contributed by atoms with van der Waals surface area (Å²) in [5, 5.41) is 0. The molecule has 0 unspecified atom stereocenters. The van der Waals surface area contributed by atoms with Crippen LogP contribution in [0.4, 0.5) is 0 Å². The lowest BCUT2D eigenvalue weighted by molar-refractivity contribution is 0.237. The van der Waals surface area contributed by atoms with Gasteiger partial charge >= 0.3 is 0 Å². The molecule has 0 bridgehead atoms. The monoisotopic (exact) mass is 771 g/mol. The summed E-state index contributed by atoms with van der Waals surface area (Å²) in [5.74, 6) is 0.842. The third-order valence-electron chi connectivity index (χ3n) is 7.40. The van der Waals surface area contributed by atoms with Crippen LogP contribution in [0.1, 0.15) is 24.0 Å². The van der Waals surface area contributed by atoms with E-state index in [-0.39, 0.29) is 36.1 Å². The molecule has 0 atom stereocenters. The minimum atomic E-state index is -3.75.